The van der Waals surface area contributed by atoms with Gasteiger partial charge in [-0.15, -0.1) is 0 Å². The van der Waals surface area contributed by atoms with E-state index in [9.17, 15) is 33.6 Å². The van der Waals surface area contributed by atoms with Gasteiger partial charge in [-0.05, 0) is 6.42 Å². The number of carbonyl (C=O) groups is 7. The van der Waals surface area contributed by atoms with Crippen molar-refractivity contribution in [1.82, 2.24) is 16.0 Å². The summed E-state index contributed by atoms with van der Waals surface area (Å²) in [6, 6.07) is -4.82. The Balaban J connectivity index is 5.44. The van der Waals surface area contributed by atoms with Crippen molar-refractivity contribution in [1.29, 1.82) is 0 Å². The molecular weight excluding hydrogens is 408 g/mol. The monoisotopic (exact) mass is 432 g/mol. The van der Waals surface area contributed by atoms with Crippen molar-refractivity contribution in [3.8, 4) is 0 Å². The van der Waals surface area contributed by atoms with E-state index in [0.717, 1.165) is 0 Å². The van der Waals surface area contributed by atoms with Gasteiger partial charge in [0, 0.05) is 6.42 Å². The highest BCUT2D eigenvalue weighted by Gasteiger charge is 2.31. The number of carbonyl (C=O) groups excluding carboxylic acids is 5. The van der Waals surface area contributed by atoms with Crippen molar-refractivity contribution in [2.24, 2.45) is 17.2 Å². The summed E-state index contributed by atoms with van der Waals surface area (Å²) in [5.74, 6) is -7.93. The normalized spacial score (nSPS) is 13.2. The first-order valence-corrected chi connectivity index (χ1v) is 8.48. The van der Waals surface area contributed by atoms with Gasteiger partial charge in [-0.1, -0.05) is 0 Å². The lowest BCUT2D eigenvalue weighted by Crippen LogP contribution is -2.57. The Bertz CT molecular complexity index is 711. The molecule has 5 amide bonds. The van der Waals surface area contributed by atoms with Crippen molar-refractivity contribution in [2.45, 2.75) is 43.8 Å². The van der Waals surface area contributed by atoms with Gasteiger partial charge in [0.2, 0.25) is 29.5 Å². The molecule has 0 heterocycles. The standard InChI is InChI=1S/C15H24N6O9/c16-5-11(24)19-6(1-2-12(25)26)13(27)20-7(3-9(17)22)14(28)21-8(15(29)30)4-10(18)23/h6-8H,1-5,16H2,(H2,17,22)(H2,18,23)(H,19,24)(H,20,27)(H,21,28)(H,25,26)(H,29,30). The van der Waals surface area contributed by atoms with E-state index in [2.05, 4.69) is 10.6 Å². The molecule has 0 radical (unpaired) electrons. The lowest BCUT2D eigenvalue weighted by atomic mass is 10.1. The number of nitrogens with two attached hydrogens (primary N) is 3. The summed E-state index contributed by atoms with van der Waals surface area (Å²) < 4.78 is 0. The fourth-order valence-corrected chi connectivity index (χ4v) is 2.15. The van der Waals surface area contributed by atoms with Crippen molar-refractivity contribution in [3.63, 3.8) is 0 Å². The molecule has 11 N–H and O–H groups in total. The zero-order chi connectivity index (χ0) is 23.4. The average Bonchev–Trinajstić information content (AvgIpc) is 2.62. The second-order valence-electron chi connectivity index (χ2n) is 6.06. The molecule has 0 saturated heterocycles. The van der Waals surface area contributed by atoms with Gasteiger partial charge in [0.25, 0.3) is 0 Å². The third-order valence-electron chi connectivity index (χ3n) is 3.54. The molecule has 30 heavy (non-hydrogen) atoms. The number of hydrogen-bond acceptors (Lipinski definition) is 8. The van der Waals surface area contributed by atoms with E-state index in [-0.39, 0.29) is 6.42 Å². The van der Waals surface area contributed by atoms with Crippen molar-refractivity contribution >= 4 is 41.5 Å². The van der Waals surface area contributed by atoms with E-state index in [0.29, 0.717) is 0 Å². The van der Waals surface area contributed by atoms with Crippen LogP contribution in [0.25, 0.3) is 0 Å². The minimum atomic E-state index is -1.73. The smallest absolute Gasteiger partial charge is 0.326 e. The number of carboxylic acid groups (broad SMARTS) is 2. The number of amides is 5. The Hall–Kier alpha value is -3.75. The summed E-state index contributed by atoms with van der Waals surface area (Å²) in [4.78, 5) is 80.3. The van der Waals surface area contributed by atoms with E-state index >= 15 is 0 Å². The molecule has 168 valence electrons. The summed E-state index contributed by atoms with van der Waals surface area (Å²) in [5.41, 5.74) is 15.1. The molecule has 0 rings (SSSR count). The third kappa shape index (κ3) is 10.5. The Kier molecular flexibility index (Phi) is 11.1. The highest BCUT2D eigenvalue weighted by Crippen LogP contribution is 2.02. The first-order valence-electron chi connectivity index (χ1n) is 8.48. The highest BCUT2D eigenvalue weighted by atomic mass is 16.4. The van der Waals surface area contributed by atoms with Crippen LogP contribution in [0.2, 0.25) is 0 Å². The predicted octanol–water partition coefficient (Wildman–Crippen LogP) is -4.90. The molecule has 0 aromatic rings. The molecule has 0 fully saturated rings. The van der Waals surface area contributed by atoms with Crippen LogP contribution in [0.3, 0.4) is 0 Å². The predicted molar refractivity (Wildman–Crippen MR) is 97.0 cm³/mol. The molecule has 0 saturated carbocycles. The molecule has 3 atom stereocenters. The van der Waals surface area contributed by atoms with E-state index in [4.69, 9.17) is 27.4 Å². The summed E-state index contributed by atoms with van der Waals surface area (Å²) >= 11 is 0. The minimum absolute atomic E-state index is 0.364. The van der Waals surface area contributed by atoms with Crippen LogP contribution in [0.4, 0.5) is 0 Å². The van der Waals surface area contributed by atoms with Crippen LogP contribution >= 0.6 is 0 Å². The van der Waals surface area contributed by atoms with Gasteiger partial charge < -0.3 is 43.4 Å². The lowest BCUT2D eigenvalue weighted by Gasteiger charge is -2.23. The van der Waals surface area contributed by atoms with E-state index in [1.165, 1.54) is 0 Å². The van der Waals surface area contributed by atoms with Crippen LogP contribution < -0.4 is 33.2 Å². The van der Waals surface area contributed by atoms with Gasteiger partial charge in [-0.25, -0.2) is 4.79 Å². The van der Waals surface area contributed by atoms with Crippen molar-refractivity contribution in [2.75, 3.05) is 6.54 Å². The number of rotatable bonds is 14. The molecule has 0 aromatic carbocycles. The molecule has 0 aliphatic carbocycles. The summed E-state index contributed by atoms with van der Waals surface area (Å²) in [6.07, 6.45) is -2.39. The van der Waals surface area contributed by atoms with Gasteiger partial charge in [0.15, 0.2) is 0 Å². The SMILES string of the molecule is NCC(=O)NC(CCC(=O)O)C(=O)NC(CC(N)=O)C(=O)NC(CC(N)=O)C(=O)O. The fourth-order valence-electron chi connectivity index (χ4n) is 2.15. The summed E-state index contributed by atoms with van der Waals surface area (Å²) in [7, 11) is 0. The molecule has 0 bridgehead atoms. The number of nitrogens with one attached hydrogen (secondary N) is 3. The van der Waals surface area contributed by atoms with Crippen molar-refractivity contribution in [3.05, 3.63) is 0 Å². The molecule has 15 heteroatoms. The van der Waals surface area contributed by atoms with Gasteiger partial charge in [-0.3, -0.25) is 28.8 Å². The number of primary amides is 2. The van der Waals surface area contributed by atoms with Gasteiger partial charge in [0.1, 0.15) is 18.1 Å². The second kappa shape index (κ2) is 12.7. The Morgan fingerprint density at radius 3 is 1.63 bits per heavy atom. The van der Waals surface area contributed by atoms with Crippen LogP contribution in [0.5, 0.6) is 0 Å². The van der Waals surface area contributed by atoms with Crippen LogP contribution in [-0.4, -0.2) is 76.4 Å². The highest BCUT2D eigenvalue weighted by molar-refractivity contribution is 5.96. The number of carboxylic acids is 2. The first kappa shape index (κ1) is 26.2. The van der Waals surface area contributed by atoms with Gasteiger partial charge in [-0.2, -0.15) is 0 Å². The van der Waals surface area contributed by atoms with Crippen LogP contribution in [-0.2, 0) is 33.6 Å². The molecule has 0 spiro atoms. The van der Waals surface area contributed by atoms with E-state index in [1.54, 1.807) is 0 Å². The quantitative estimate of drug-likeness (QED) is 0.129. The molecule has 0 aliphatic heterocycles. The van der Waals surface area contributed by atoms with Crippen LogP contribution in [0.1, 0.15) is 25.7 Å². The zero-order valence-corrected chi connectivity index (χ0v) is 15.8. The Morgan fingerprint density at radius 1 is 0.733 bits per heavy atom. The first-order chi connectivity index (χ1) is 13.9. The van der Waals surface area contributed by atoms with Crippen LogP contribution in [0, 0.1) is 0 Å². The van der Waals surface area contributed by atoms with Crippen molar-refractivity contribution < 1.29 is 43.8 Å². The zero-order valence-electron chi connectivity index (χ0n) is 15.8. The summed E-state index contributed by atoms with van der Waals surface area (Å²) in [5, 5.41) is 24.0. The largest absolute Gasteiger partial charge is 0.481 e. The molecular formula is C15H24N6O9. The fraction of sp³-hybridized carbons (Fsp3) is 0.533. The number of aliphatic carboxylic acids is 2. The van der Waals surface area contributed by atoms with E-state index < -0.39 is 85.4 Å². The lowest BCUT2D eigenvalue weighted by molar-refractivity contribution is -0.144. The topological polar surface area (TPSA) is 274 Å². The molecule has 0 aromatic heterocycles. The Morgan fingerprint density at radius 2 is 1.20 bits per heavy atom. The Labute approximate surface area is 169 Å². The molecule has 0 aliphatic rings. The second-order valence-corrected chi connectivity index (χ2v) is 6.06. The molecule has 15 nitrogen and oxygen atoms in total. The minimum Gasteiger partial charge on any atom is -0.481 e. The third-order valence-corrected chi connectivity index (χ3v) is 3.54. The average molecular weight is 432 g/mol. The molecule has 3 unspecified atom stereocenters. The number of hydrogen-bond donors (Lipinski definition) is 8. The van der Waals surface area contributed by atoms with Crippen LogP contribution in [0.15, 0.2) is 0 Å². The van der Waals surface area contributed by atoms with Gasteiger partial charge >= 0.3 is 11.9 Å². The maximum Gasteiger partial charge on any atom is 0.326 e. The summed E-state index contributed by atoms with van der Waals surface area (Å²) in [6.45, 7) is -0.505. The van der Waals surface area contributed by atoms with Gasteiger partial charge in [0.05, 0.1) is 19.4 Å². The maximum absolute atomic E-state index is 12.4. The van der Waals surface area contributed by atoms with E-state index in [1.807, 2.05) is 5.32 Å². The maximum atomic E-state index is 12.4.